The summed E-state index contributed by atoms with van der Waals surface area (Å²) in [6.45, 7) is 0. The Morgan fingerprint density at radius 1 is 0.688 bits per heavy atom. The van der Waals surface area contributed by atoms with Gasteiger partial charge in [0.15, 0.2) is 11.2 Å². The van der Waals surface area contributed by atoms with Crippen LogP contribution in [0.1, 0.15) is 22.7 Å². The topological polar surface area (TPSA) is 37.4 Å². The first-order valence-corrected chi connectivity index (χ1v) is 10.8. The number of ketones is 1. The molecule has 1 fully saturated rings. The maximum absolute atomic E-state index is 14.0. The van der Waals surface area contributed by atoms with Gasteiger partial charge in [-0.25, -0.2) is 0 Å². The highest BCUT2D eigenvalue weighted by atomic mass is 16.2. The first kappa shape index (κ1) is 20.0. The lowest BCUT2D eigenvalue weighted by Gasteiger charge is -2.55. The number of β-lactam (4-membered cyclic amide) rings is 1. The molecule has 1 heterocycles. The molecule has 3 nitrogen and oxygen atoms in total. The van der Waals surface area contributed by atoms with E-state index >= 15 is 0 Å². The van der Waals surface area contributed by atoms with Crippen LogP contribution < -0.4 is 4.90 Å². The van der Waals surface area contributed by atoms with E-state index in [0.717, 1.165) is 22.4 Å². The van der Waals surface area contributed by atoms with Crippen molar-refractivity contribution in [3.8, 4) is 0 Å². The molecule has 4 aromatic rings. The Bertz CT molecular complexity index is 1210. The minimum atomic E-state index is -1.27. The lowest BCUT2D eigenvalue weighted by Crippen LogP contribution is -2.70. The first-order chi connectivity index (χ1) is 15.7. The third-order valence-corrected chi connectivity index (χ3v) is 6.25. The summed E-state index contributed by atoms with van der Waals surface area (Å²) in [5.41, 5.74) is 2.12. The van der Waals surface area contributed by atoms with E-state index in [4.69, 9.17) is 0 Å². The SMILES string of the molecule is O=C(Cc1ccccc1)[C@@]1(c2ccccc2)C(=O)N(c2ccccc2)[C@@H]1c1ccccc1. The second-order valence-corrected chi connectivity index (χ2v) is 8.08. The van der Waals surface area contributed by atoms with Crippen molar-refractivity contribution < 1.29 is 9.59 Å². The smallest absolute Gasteiger partial charge is 0.248 e. The van der Waals surface area contributed by atoms with Gasteiger partial charge in [0.2, 0.25) is 5.91 Å². The van der Waals surface area contributed by atoms with E-state index in [1.807, 2.05) is 121 Å². The van der Waals surface area contributed by atoms with Gasteiger partial charge in [-0.2, -0.15) is 0 Å². The van der Waals surface area contributed by atoms with E-state index < -0.39 is 11.5 Å². The molecule has 3 heteroatoms. The van der Waals surface area contributed by atoms with Crippen LogP contribution in [-0.4, -0.2) is 11.7 Å². The lowest BCUT2D eigenvalue weighted by atomic mass is 9.60. The van der Waals surface area contributed by atoms with E-state index in [-0.39, 0.29) is 18.1 Å². The van der Waals surface area contributed by atoms with Crippen LogP contribution in [0, 0.1) is 0 Å². The Kier molecular flexibility index (Phi) is 5.16. The van der Waals surface area contributed by atoms with Gasteiger partial charge >= 0.3 is 0 Å². The molecular formula is C29H23NO2. The second kappa shape index (κ2) is 8.27. The van der Waals surface area contributed by atoms with Gasteiger partial charge in [0.05, 0.1) is 6.04 Å². The van der Waals surface area contributed by atoms with Gasteiger partial charge in [0, 0.05) is 12.1 Å². The van der Waals surface area contributed by atoms with Crippen LogP contribution in [-0.2, 0) is 21.4 Å². The van der Waals surface area contributed by atoms with Gasteiger partial charge in [-0.05, 0) is 28.8 Å². The van der Waals surface area contributed by atoms with Crippen molar-refractivity contribution in [1.82, 2.24) is 0 Å². The van der Waals surface area contributed by atoms with Gasteiger partial charge < -0.3 is 4.90 Å². The average molecular weight is 418 g/mol. The molecule has 0 aromatic heterocycles. The van der Waals surface area contributed by atoms with Crippen LogP contribution in [0.2, 0.25) is 0 Å². The van der Waals surface area contributed by atoms with E-state index in [1.54, 1.807) is 4.90 Å². The number of nitrogens with zero attached hydrogens (tertiary/aromatic N) is 1. The molecule has 0 N–H and O–H groups in total. The highest BCUT2D eigenvalue weighted by molar-refractivity contribution is 6.25. The molecule has 5 rings (SSSR count). The van der Waals surface area contributed by atoms with Gasteiger partial charge in [-0.3, -0.25) is 9.59 Å². The van der Waals surface area contributed by atoms with Crippen LogP contribution in [0.25, 0.3) is 0 Å². The van der Waals surface area contributed by atoms with E-state index in [1.165, 1.54) is 0 Å². The summed E-state index contributed by atoms with van der Waals surface area (Å²) in [5.74, 6) is -0.259. The Labute approximate surface area is 188 Å². The van der Waals surface area contributed by atoms with Crippen molar-refractivity contribution in [2.75, 3.05) is 4.90 Å². The normalized spacial score (nSPS) is 19.9. The van der Waals surface area contributed by atoms with Crippen LogP contribution in [0.4, 0.5) is 5.69 Å². The van der Waals surface area contributed by atoms with E-state index in [9.17, 15) is 9.59 Å². The van der Waals surface area contributed by atoms with Crippen LogP contribution in [0.5, 0.6) is 0 Å². The zero-order valence-corrected chi connectivity index (χ0v) is 17.6. The van der Waals surface area contributed by atoms with Gasteiger partial charge in [0.25, 0.3) is 0 Å². The largest absolute Gasteiger partial charge is 0.302 e. The minimum absolute atomic E-state index is 0.0825. The van der Waals surface area contributed by atoms with Crippen molar-refractivity contribution >= 4 is 17.4 Å². The molecule has 1 aliphatic heterocycles. The van der Waals surface area contributed by atoms with E-state index in [0.29, 0.717) is 0 Å². The van der Waals surface area contributed by atoms with Crippen molar-refractivity contribution in [1.29, 1.82) is 0 Å². The molecule has 0 aliphatic carbocycles. The maximum atomic E-state index is 14.0. The fraction of sp³-hybridized carbons (Fsp3) is 0.103. The highest BCUT2D eigenvalue weighted by Crippen LogP contribution is 2.54. The van der Waals surface area contributed by atoms with Gasteiger partial charge in [-0.1, -0.05) is 109 Å². The van der Waals surface area contributed by atoms with Crippen LogP contribution in [0.15, 0.2) is 121 Å². The monoisotopic (exact) mass is 417 g/mol. The lowest BCUT2D eigenvalue weighted by molar-refractivity contribution is -0.143. The fourth-order valence-corrected chi connectivity index (χ4v) is 4.78. The van der Waals surface area contributed by atoms with Crippen molar-refractivity contribution in [2.45, 2.75) is 17.9 Å². The molecular weight excluding hydrogens is 394 g/mol. The van der Waals surface area contributed by atoms with Gasteiger partial charge in [-0.15, -0.1) is 0 Å². The zero-order valence-electron chi connectivity index (χ0n) is 17.6. The maximum Gasteiger partial charge on any atom is 0.248 e. The molecule has 0 unspecified atom stereocenters. The predicted molar refractivity (Wildman–Crippen MR) is 126 cm³/mol. The van der Waals surface area contributed by atoms with E-state index in [2.05, 4.69) is 0 Å². The summed E-state index contributed by atoms with van der Waals surface area (Å²) in [7, 11) is 0. The van der Waals surface area contributed by atoms with Crippen molar-refractivity contribution in [3.63, 3.8) is 0 Å². The predicted octanol–water partition coefficient (Wildman–Crippen LogP) is 5.52. The molecule has 0 radical (unpaired) electrons. The number of carbonyl (C=O) groups excluding carboxylic acids is 2. The molecule has 1 saturated heterocycles. The molecule has 0 bridgehead atoms. The summed E-state index contributed by atoms with van der Waals surface area (Å²) < 4.78 is 0. The summed E-state index contributed by atoms with van der Waals surface area (Å²) in [5, 5.41) is 0. The fourth-order valence-electron chi connectivity index (χ4n) is 4.78. The summed E-state index contributed by atoms with van der Waals surface area (Å²) >= 11 is 0. The Hall–Kier alpha value is -3.98. The third-order valence-electron chi connectivity index (χ3n) is 6.25. The number of carbonyl (C=O) groups is 2. The Morgan fingerprint density at radius 2 is 1.19 bits per heavy atom. The molecule has 156 valence electrons. The summed E-state index contributed by atoms with van der Waals surface area (Å²) in [4.78, 5) is 29.8. The minimum Gasteiger partial charge on any atom is -0.302 e. The number of hydrogen-bond donors (Lipinski definition) is 0. The number of anilines is 1. The number of rotatable bonds is 6. The summed E-state index contributed by atoms with van der Waals surface area (Å²) in [6, 6.07) is 38.2. The highest BCUT2D eigenvalue weighted by Gasteiger charge is 2.66. The average Bonchev–Trinajstić information content (AvgIpc) is 2.85. The quantitative estimate of drug-likeness (QED) is 0.306. The Morgan fingerprint density at radius 3 is 1.78 bits per heavy atom. The van der Waals surface area contributed by atoms with Crippen LogP contribution >= 0.6 is 0 Å². The number of amides is 1. The molecule has 1 amide bonds. The van der Waals surface area contributed by atoms with Gasteiger partial charge in [0.1, 0.15) is 0 Å². The van der Waals surface area contributed by atoms with Crippen LogP contribution in [0.3, 0.4) is 0 Å². The third kappa shape index (κ3) is 3.14. The number of hydrogen-bond acceptors (Lipinski definition) is 2. The second-order valence-electron chi connectivity index (χ2n) is 8.08. The first-order valence-electron chi connectivity index (χ1n) is 10.8. The number of benzene rings is 4. The van der Waals surface area contributed by atoms with Crippen molar-refractivity contribution in [3.05, 3.63) is 138 Å². The number of Topliss-reactive ketones (excluding diaryl/α,β-unsaturated/α-hetero) is 1. The molecule has 1 aliphatic rings. The molecule has 0 spiro atoms. The molecule has 32 heavy (non-hydrogen) atoms. The summed E-state index contributed by atoms with van der Waals surface area (Å²) in [6.07, 6.45) is 0.202. The standard InChI is InChI=1S/C29H23NO2/c31-26(21-22-13-5-1-6-14-22)29(24-17-9-3-10-18-24)27(23-15-7-2-8-16-23)30(28(29)32)25-19-11-4-12-20-25/h1-20,27H,21H2/t27-,29-/m1/s1. The molecule has 4 aromatic carbocycles. The molecule has 2 atom stereocenters. The number of para-hydroxylation sites is 1. The van der Waals surface area contributed by atoms with Crippen molar-refractivity contribution in [2.24, 2.45) is 0 Å². The Balaban J connectivity index is 1.69. The zero-order chi connectivity index (χ0) is 22.0. The molecule has 0 saturated carbocycles.